The van der Waals surface area contributed by atoms with Gasteiger partial charge in [0.2, 0.25) is 0 Å². The minimum Gasteiger partial charge on any atom is -0.271 e. The van der Waals surface area contributed by atoms with Crippen molar-refractivity contribution in [1.82, 2.24) is 5.43 Å². The van der Waals surface area contributed by atoms with Gasteiger partial charge in [-0.1, -0.05) is 43.5 Å². The van der Waals surface area contributed by atoms with Gasteiger partial charge in [0.25, 0.3) is 0 Å². The lowest BCUT2D eigenvalue weighted by Gasteiger charge is -2.33. The monoisotopic (exact) mass is 252 g/mol. The number of hydrazine groups is 1. The first-order chi connectivity index (χ1) is 8.14. The molecule has 0 heterocycles. The predicted octanol–water partition coefficient (Wildman–Crippen LogP) is 3.29. The molecular weight excluding hydrogens is 232 g/mol. The van der Waals surface area contributed by atoms with E-state index in [0.717, 1.165) is 11.4 Å². The standard InChI is InChI=1S/C14H21ClN2/c1-14(7-2-3-8-14)13(17-16)10-11-5-4-6-12(15)9-11/h4-6,9,13,17H,2-3,7-8,10,16H2,1H3. The molecule has 3 N–H and O–H groups in total. The largest absolute Gasteiger partial charge is 0.271 e. The van der Waals surface area contributed by atoms with Crippen molar-refractivity contribution >= 4 is 11.6 Å². The lowest BCUT2D eigenvalue weighted by Crippen LogP contribution is -2.47. The molecule has 1 fully saturated rings. The minimum absolute atomic E-state index is 0.330. The average Bonchev–Trinajstić information content (AvgIpc) is 2.74. The van der Waals surface area contributed by atoms with Crippen molar-refractivity contribution in [3.05, 3.63) is 34.9 Å². The fourth-order valence-corrected chi connectivity index (χ4v) is 3.15. The quantitative estimate of drug-likeness (QED) is 0.638. The Hall–Kier alpha value is -0.570. The summed E-state index contributed by atoms with van der Waals surface area (Å²) in [5.41, 5.74) is 4.60. The van der Waals surface area contributed by atoms with Gasteiger partial charge in [-0.3, -0.25) is 11.3 Å². The van der Waals surface area contributed by atoms with E-state index in [2.05, 4.69) is 18.4 Å². The lowest BCUT2D eigenvalue weighted by molar-refractivity contribution is 0.221. The van der Waals surface area contributed by atoms with E-state index in [0.29, 0.717) is 11.5 Å². The van der Waals surface area contributed by atoms with E-state index in [1.54, 1.807) is 0 Å². The van der Waals surface area contributed by atoms with Crippen molar-refractivity contribution in [3.63, 3.8) is 0 Å². The second-order valence-corrected chi connectivity index (χ2v) is 5.85. The van der Waals surface area contributed by atoms with Crippen LogP contribution in [0.25, 0.3) is 0 Å². The van der Waals surface area contributed by atoms with Crippen molar-refractivity contribution < 1.29 is 0 Å². The molecule has 94 valence electrons. The summed E-state index contributed by atoms with van der Waals surface area (Å²) >= 11 is 6.01. The Balaban J connectivity index is 2.09. The Morgan fingerprint density at radius 2 is 2.12 bits per heavy atom. The van der Waals surface area contributed by atoms with Gasteiger partial charge < -0.3 is 0 Å². The van der Waals surface area contributed by atoms with Gasteiger partial charge in [0, 0.05) is 11.1 Å². The second-order valence-electron chi connectivity index (χ2n) is 5.41. The van der Waals surface area contributed by atoms with Crippen LogP contribution < -0.4 is 11.3 Å². The van der Waals surface area contributed by atoms with Crippen molar-refractivity contribution in [2.24, 2.45) is 11.3 Å². The van der Waals surface area contributed by atoms with Crippen LogP contribution in [0.2, 0.25) is 5.02 Å². The van der Waals surface area contributed by atoms with Crippen LogP contribution in [0, 0.1) is 5.41 Å². The van der Waals surface area contributed by atoms with E-state index in [4.69, 9.17) is 17.4 Å². The van der Waals surface area contributed by atoms with Gasteiger partial charge in [0.1, 0.15) is 0 Å². The zero-order chi connectivity index (χ0) is 12.3. The molecule has 0 aromatic heterocycles. The molecule has 3 heteroatoms. The van der Waals surface area contributed by atoms with Gasteiger partial charge in [0.15, 0.2) is 0 Å². The molecule has 2 rings (SSSR count). The minimum atomic E-state index is 0.330. The highest BCUT2D eigenvalue weighted by Gasteiger charge is 2.36. The summed E-state index contributed by atoms with van der Waals surface area (Å²) in [6, 6.07) is 8.40. The Kier molecular flexibility index (Phi) is 4.08. The van der Waals surface area contributed by atoms with Gasteiger partial charge in [-0.2, -0.15) is 0 Å². The molecule has 1 saturated carbocycles. The molecule has 1 aromatic rings. The summed E-state index contributed by atoms with van der Waals surface area (Å²) < 4.78 is 0. The summed E-state index contributed by atoms with van der Waals surface area (Å²) in [5, 5.41) is 0.801. The van der Waals surface area contributed by atoms with E-state index < -0.39 is 0 Å². The molecule has 17 heavy (non-hydrogen) atoms. The van der Waals surface area contributed by atoms with E-state index in [1.807, 2.05) is 18.2 Å². The van der Waals surface area contributed by atoms with Crippen LogP contribution in [-0.4, -0.2) is 6.04 Å². The van der Waals surface area contributed by atoms with E-state index in [1.165, 1.54) is 31.2 Å². The molecule has 1 aliphatic rings. The van der Waals surface area contributed by atoms with Crippen LogP contribution in [0.5, 0.6) is 0 Å². The number of benzene rings is 1. The molecular formula is C14H21ClN2. The normalized spacial score (nSPS) is 20.4. The number of rotatable bonds is 4. The van der Waals surface area contributed by atoms with Crippen LogP contribution in [-0.2, 0) is 6.42 Å². The average molecular weight is 253 g/mol. The molecule has 1 aromatic carbocycles. The Morgan fingerprint density at radius 3 is 2.71 bits per heavy atom. The van der Waals surface area contributed by atoms with Gasteiger partial charge >= 0.3 is 0 Å². The number of halogens is 1. The van der Waals surface area contributed by atoms with Crippen molar-refractivity contribution in [1.29, 1.82) is 0 Å². The van der Waals surface area contributed by atoms with Crippen molar-refractivity contribution in [2.45, 2.75) is 45.1 Å². The fourth-order valence-electron chi connectivity index (χ4n) is 2.94. The van der Waals surface area contributed by atoms with Gasteiger partial charge in [-0.25, -0.2) is 0 Å². The lowest BCUT2D eigenvalue weighted by atomic mass is 9.78. The Morgan fingerprint density at radius 1 is 1.41 bits per heavy atom. The molecule has 1 unspecified atom stereocenters. The summed E-state index contributed by atoms with van der Waals surface area (Å²) in [6.45, 7) is 2.34. The van der Waals surface area contributed by atoms with Gasteiger partial charge in [-0.15, -0.1) is 0 Å². The molecule has 1 aliphatic carbocycles. The number of hydrogen-bond acceptors (Lipinski definition) is 2. The highest BCUT2D eigenvalue weighted by atomic mass is 35.5. The Bertz CT molecular complexity index is 372. The van der Waals surface area contributed by atoms with Crippen molar-refractivity contribution in [2.75, 3.05) is 0 Å². The van der Waals surface area contributed by atoms with Crippen LogP contribution in [0.4, 0.5) is 0 Å². The van der Waals surface area contributed by atoms with Crippen LogP contribution >= 0.6 is 11.6 Å². The topological polar surface area (TPSA) is 38.0 Å². The molecule has 0 saturated heterocycles. The van der Waals surface area contributed by atoms with E-state index in [-0.39, 0.29) is 0 Å². The molecule has 0 spiro atoms. The third kappa shape index (κ3) is 3.01. The zero-order valence-corrected chi connectivity index (χ0v) is 11.1. The Labute approximate surface area is 109 Å². The molecule has 0 bridgehead atoms. The molecule has 1 atom stereocenters. The summed E-state index contributed by atoms with van der Waals surface area (Å²) in [5.74, 6) is 5.74. The molecule has 0 aliphatic heterocycles. The summed E-state index contributed by atoms with van der Waals surface area (Å²) in [6.07, 6.45) is 6.13. The van der Waals surface area contributed by atoms with Crippen LogP contribution in [0.1, 0.15) is 38.2 Å². The maximum Gasteiger partial charge on any atom is 0.0408 e. The number of nitrogens with one attached hydrogen (secondary N) is 1. The maximum absolute atomic E-state index is 6.01. The number of hydrogen-bond donors (Lipinski definition) is 2. The molecule has 2 nitrogen and oxygen atoms in total. The first-order valence-electron chi connectivity index (χ1n) is 6.35. The van der Waals surface area contributed by atoms with Crippen LogP contribution in [0.3, 0.4) is 0 Å². The first kappa shape index (κ1) is 12.9. The SMILES string of the molecule is CC1(C(Cc2cccc(Cl)c2)NN)CCCC1. The van der Waals surface area contributed by atoms with E-state index >= 15 is 0 Å². The smallest absolute Gasteiger partial charge is 0.0408 e. The highest BCUT2D eigenvalue weighted by molar-refractivity contribution is 6.30. The maximum atomic E-state index is 6.01. The predicted molar refractivity (Wildman–Crippen MR) is 72.8 cm³/mol. The third-order valence-corrected chi connectivity index (χ3v) is 4.35. The molecule has 0 amide bonds. The van der Waals surface area contributed by atoms with Gasteiger partial charge in [-0.05, 0) is 42.4 Å². The summed E-state index contributed by atoms with van der Waals surface area (Å²) in [4.78, 5) is 0. The first-order valence-corrected chi connectivity index (χ1v) is 6.72. The highest BCUT2D eigenvalue weighted by Crippen LogP contribution is 2.41. The number of nitrogens with two attached hydrogens (primary N) is 1. The fraction of sp³-hybridized carbons (Fsp3) is 0.571. The van der Waals surface area contributed by atoms with Gasteiger partial charge in [0.05, 0.1) is 0 Å². The van der Waals surface area contributed by atoms with E-state index in [9.17, 15) is 0 Å². The second kappa shape index (κ2) is 5.38. The molecule has 0 radical (unpaired) electrons. The third-order valence-electron chi connectivity index (χ3n) is 4.12. The summed E-state index contributed by atoms with van der Waals surface area (Å²) in [7, 11) is 0. The van der Waals surface area contributed by atoms with Crippen LogP contribution in [0.15, 0.2) is 24.3 Å². The zero-order valence-electron chi connectivity index (χ0n) is 10.4. The van der Waals surface area contributed by atoms with Crippen molar-refractivity contribution in [3.8, 4) is 0 Å².